The monoisotopic (exact) mass is 462 g/mol. The molecule has 2 aromatic rings. The minimum atomic E-state index is -0.0267. The van der Waals surface area contributed by atoms with Gasteiger partial charge in [0, 0.05) is 36.2 Å². The van der Waals surface area contributed by atoms with Crippen LogP contribution in [0.2, 0.25) is 10.0 Å². The number of nitrogens with one attached hydrogen (secondary N) is 1. The van der Waals surface area contributed by atoms with Crippen molar-refractivity contribution in [1.29, 1.82) is 0 Å². The summed E-state index contributed by atoms with van der Waals surface area (Å²) in [6.45, 7) is 5.40. The molecule has 0 radical (unpaired) electrons. The van der Waals surface area contributed by atoms with Crippen molar-refractivity contribution in [2.75, 3.05) is 32.8 Å². The van der Waals surface area contributed by atoms with Gasteiger partial charge in [0.2, 0.25) is 0 Å². The summed E-state index contributed by atoms with van der Waals surface area (Å²) in [4.78, 5) is 2.61. The molecule has 1 fully saturated rings. The highest BCUT2D eigenvalue weighted by molar-refractivity contribution is 6.34. The summed E-state index contributed by atoms with van der Waals surface area (Å²) in [5.41, 5.74) is 3.89. The van der Waals surface area contributed by atoms with Crippen LogP contribution in [0, 0.1) is 0 Å². The van der Waals surface area contributed by atoms with Crippen molar-refractivity contribution in [3.8, 4) is 0 Å². The number of hydrogen-bond donors (Lipinski definition) is 1. The first-order valence-electron chi connectivity index (χ1n) is 9.24. The fourth-order valence-electron chi connectivity index (χ4n) is 4.36. The number of rotatable bonds is 5. The standard InChI is InChI=1S/C21H24Cl2N2O.2ClH/c22-18-11-16(12-19(23)13-18)14-26-15-21(25-9-7-24-8-10-25)6-5-17-3-1-2-4-20(17)21;;/h1-4,11-13,24H,5-10,14-15H2;2*1H. The van der Waals surface area contributed by atoms with Crippen molar-refractivity contribution < 1.29 is 4.74 Å². The van der Waals surface area contributed by atoms with E-state index in [1.165, 1.54) is 11.1 Å². The number of ether oxygens (including phenoxy) is 1. The molecule has 1 atom stereocenters. The topological polar surface area (TPSA) is 24.5 Å². The zero-order chi connectivity index (χ0) is 18.0. The molecule has 3 nitrogen and oxygen atoms in total. The third kappa shape index (κ3) is 4.96. The lowest BCUT2D eigenvalue weighted by Crippen LogP contribution is -2.55. The molecule has 1 aliphatic carbocycles. The van der Waals surface area contributed by atoms with E-state index in [4.69, 9.17) is 27.9 Å². The summed E-state index contributed by atoms with van der Waals surface area (Å²) < 4.78 is 6.25. The molecule has 1 heterocycles. The Bertz CT molecular complexity index is 763. The molecule has 154 valence electrons. The van der Waals surface area contributed by atoms with Crippen LogP contribution in [0.4, 0.5) is 0 Å². The Morgan fingerprint density at radius 3 is 2.39 bits per heavy atom. The van der Waals surface area contributed by atoms with Crippen molar-refractivity contribution in [2.45, 2.75) is 25.0 Å². The average Bonchev–Trinajstić information content (AvgIpc) is 3.02. The predicted octanol–water partition coefficient (Wildman–Crippen LogP) is 5.10. The Kier molecular flexibility index (Phi) is 8.90. The molecule has 4 rings (SSSR count). The normalized spacial score (nSPS) is 21.5. The van der Waals surface area contributed by atoms with Gasteiger partial charge >= 0.3 is 0 Å². The summed E-state index contributed by atoms with van der Waals surface area (Å²) in [6, 6.07) is 14.4. The van der Waals surface area contributed by atoms with Crippen molar-refractivity contribution in [1.82, 2.24) is 10.2 Å². The van der Waals surface area contributed by atoms with Gasteiger partial charge in [-0.2, -0.15) is 0 Å². The molecule has 7 heteroatoms. The van der Waals surface area contributed by atoms with Crippen molar-refractivity contribution >= 4 is 48.0 Å². The first kappa shape index (κ1) is 23.8. The zero-order valence-corrected chi connectivity index (χ0v) is 18.8. The first-order valence-corrected chi connectivity index (χ1v) is 10.00. The number of nitrogens with zero attached hydrogens (tertiary/aromatic N) is 1. The van der Waals surface area contributed by atoms with E-state index in [0.29, 0.717) is 23.3 Å². The molecule has 0 bridgehead atoms. The zero-order valence-electron chi connectivity index (χ0n) is 15.6. The van der Waals surface area contributed by atoms with E-state index < -0.39 is 0 Å². The Morgan fingerprint density at radius 2 is 1.68 bits per heavy atom. The lowest BCUT2D eigenvalue weighted by atomic mass is 9.89. The minimum absolute atomic E-state index is 0. The van der Waals surface area contributed by atoms with Crippen molar-refractivity contribution in [2.24, 2.45) is 0 Å². The third-order valence-electron chi connectivity index (χ3n) is 5.58. The van der Waals surface area contributed by atoms with E-state index >= 15 is 0 Å². The quantitative estimate of drug-likeness (QED) is 0.667. The van der Waals surface area contributed by atoms with Gasteiger partial charge in [-0.05, 0) is 47.7 Å². The summed E-state index contributed by atoms with van der Waals surface area (Å²) in [7, 11) is 0. The number of hydrogen-bond acceptors (Lipinski definition) is 3. The smallest absolute Gasteiger partial charge is 0.0719 e. The lowest BCUT2D eigenvalue weighted by molar-refractivity contribution is -0.0240. The Balaban J connectivity index is 0.00000140. The van der Waals surface area contributed by atoms with Crippen LogP contribution in [0.3, 0.4) is 0 Å². The van der Waals surface area contributed by atoms with Gasteiger partial charge in [-0.1, -0.05) is 47.5 Å². The fraction of sp³-hybridized carbons (Fsp3) is 0.429. The van der Waals surface area contributed by atoms with Crippen LogP contribution >= 0.6 is 48.0 Å². The molecular formula is C21H26Cl4N2O. The number of halogens is 4. The molecule has 1 N–H and O–H groups in total. The second-order valence-electron chi connectivity index (χ2n) is 7.20. The SMILES string of the molecule is Cl.Cl.Clc1cc(Cl)cc(COCC2(N3CCNCC3)CCc3ccccc32)c1. The van der Waals surface area contributed by atoms with Gasteiger partial charge in [0.1, 0.15) is 0 Å². The van der Waals surface area contributed by atoms with E-state index in [9.17, 15) is 0 Å². The molecule has 0 spiro atoms. The molecule has 0 amide bonds. The lowest BCUT2D eigenvalue weighted by Gasteiger charge is -2.44. The van der Waals surface area contributed by atoms with Gasteiger partial charge in [0.25, 0.3) is 0 Å². The second kappa shape index (κ2) is 10.5. The van der Waals surface area contributed by atoms with Crippen LogP contribution in [0.1, 0.15) is 23.1 Å². The van der Waals surface area contributed by atoms with E-state index in [-0.39, 0.29) is 30.4 Å². The largest absolute Gasteiger partial charge is 0.374 e. The fourth-order valence-corrected chi connectivity index (χ4v) is 4.93. The van der Waals surface area contributed by atoms with E-state index in [1.54, 1.807) is 6.07 Å². The molecule has 0 aromatic heterocycles. The number of benzene rings is 2. The van der Waals surface area contributed by atoms with Gasteiger partial charge in [0.05, 0.1) is 18.8 Å². The maximum atomic E-state index is 6.25. The van der Waals surface area contributed by atoms with Gasteiger partial charge in [-0.25, -0.2) is 0 Å². The molecule has 2 aliphatic rings. The van der Waals surface area contributed by atoms with Crippen molar-refractivity contribution in [3.63, 3.8) is 0 Å². The van der Waals surface area contributed by atoms with Gasteiger partial charge in [-0.3, -0.25) is 4.90 Å². The highest BCUT2D eigenvalue weighted by atomic mass is 35.5. The van der Waals surface area contributed by atoms with E-state index in [1.807, 2.05) is 12.1 Å². The maximum absolute atomic E-state index is 6.25. The minimum Gasteiger partial charge on any atom is -0.374 e. The summed E-state index contributed by atoms with van der Waals surface area (Å²) >= 11 is 12.2. The molecule has 1 saturated heterocycles. The summed E-state index contributed by atoms with van der Waals surface area (Å²) in [5.74, 6) is 0. The Hall–Kier alpha value is -0.520. The van der Waals surface area contributed by atoms with Crippen LogP contribution < -0.4 is 5.32 Å². The third-order valence-corrected chi connectivity index (χ3v) is 6.02. The predicted molar refractivity (Wildman–Crippen MR) is 121 cm³/mol. The van der Waals surface area contributed by atoms with Gasteiger partial charge < -0.3 is 10.1 Å². The molecule has 1 unspecified atom stereocenters. The summed E-state index contributed by atoms with van der Waals surface area (Å²) in [6.07, 6.45) is 2.23. The number of fused-ring (bicyclic) bond motifs is 1. The number of aryl methyl sites for hydroxylation is 1. The Morgan fingerprint density at radius 1 is 1.00 bits per heavy atom. The van der Waals surface area contributed by atoms with E-state index in [0.717, 1.165) is 44.6 Å². The average molecular weight is 464 g/mol. The van der Waals surface area contributed by atoms with Gasteiger partial charge in [0.15, 0.2) is 0 Å². The van der Waals surface area contributed by atoms with Crippen molar-refractivity contribution in [3.05, 3.63) is 69.2 Å². The van der Waals surface area contributed by atoms with E-state index in [2.05, 4.69) is 34.5 Å². The first-order chi connectivity index (χ1) is 12.7. The highest BCUT2D eigenvalue weighted by Crippen LogP contribution is 2.42. The maximum Gasteiger partial charge on any atom is 0.0719 e. The van der Waals surface area contributed by atoms with Crippen LogP contribution in [-0.2, 0) is 23.3 Å². The molecule has 1 aliphatic heterocycles. The second-order valence-corrected chi connectivity index (χ2v) is 8.07. The molecule has 2 aromatic carbocycles. The van der Waals surface area contributed by atoms with Crippen LogP contribution in [0.25, 0.3) is 0 Å². The van der Waals surface area contributed by atoms with Gasteiger partial charge in [-0.15, -0.1) is 24.8 Å². The number of piperazine rings is 1. The van der Waals surface area contributed by atoms with Crippen LogP contribution in [-0.4, -0.2) is 37.7 Å². The molecule has 0 saturated carbocycles. The molecular weight excluding hydrogens is 438 g/mol. The van der Waals surface area contributed by atoms with Crippen LogP contribution in [0.5, 0.6) is 0 Å². The van der Waals surface area contributed by atoms with Crippen LogP contribution in [0.15, 0.2) is 42.5 Å². The molecule has 28 heavy (non-hydrogen) atoms. The highest BCUT2D eigenvalue weighted by Gasteiger charge is 2.44. The Labute approximate surface area is 189 Å². The summed E-state index contributed by atoms with van der Waals surface area (Å²) in [5, 5.41) is 4.77.